The summed E-state index contributed by atoms with van der Waals surface area (Å²) in [5, 5.41) is 0.243. The number of carbonyl (C=O) groups is 1. The lowest BCUT2D eigenvalue weighted by Crippen LogP contribution is -2.12. The Morgan fingerprint density at radius 1 is 1.80 bits per heavy atom. The highest BCUT2D eigenvalue weighted by molar-refractivity contribution is 6.29. The zero-order chi connectivity index (χ0) is 7.56. The molecular weight excluding hydrogens is 152 g/mol. The standard InChI is InChI=1S/C6H4ClN2O/c7-5-3-1-2-4(9-5)6(8)10/h1,3H,(H2,8,10). The molecule has 0 aliphatic carbocycles. The first-order valence-corrected chi connectivity index (χ1v) is 2.92. The molecule has 0 spiro atoms. The van der Waals surface area contributed by atoms with Crippen molar-refractivity contribution in [3.05, 3.63) is 29.0 Å². The van der Waals surface area contributed by atoms with Crippen LogP contribution < -0.4 is 5.73 Å². The molecule has 1 amide bonds. The fraction of sp³-hybridized carbons (Fsp3) is 0. The van der Waals surface area contributed by atoms with E-state index in [0.717, 1.165) is 0 Å². The van der Waals surface area contributed by atoms with Crippen molar-refractivity contribution in [3.8, 4) is 0 Å². The summed E-state index contributed by atoms with van der Waals surface area (Å²) < 4.78 is 0. The van der Waals surface area contributed by atoms with Crippen LogP contribution in [0.1, 0.15) is 10.5 Å². The number of pyridine rings is 1. The molecule has 1 heterocycles. The van der Waals surface area contributed by atoms with E-state index in [2.05, 4.69) is 11.1 Å². The first-order valence-electron chi connectivity index (χ1n) is 2.54. The van der Waals surface area contributed by atoms with E-state index in [1.165, 1.54) is 12.1 Å². The number of amides is 1. The van der Waals surface area contributed by atoms with Gasteiger partial charge in [-0.15, -0.1) is 0 Å². The van der Waals surface area contributed by atoms with Crippen LogP contribution in [0.25, 0.3) is 0 Å². The zero-order valence-corrected chi connectivity index (χ0v) is 5.72. The number of primary amides is 1. The normalized spacial score (nSPS) is 9.30. The third kappa shape index (κ3) is 1.45. The molecule has 0 aromatic carbocycles. The maximum absolute atomic E-state index is 10.4. The summed E-state index contributed by atoms with van der Waals surface area (Å²) in [6.45, 7) is 0. The average Bonchev–Trinajstić information content (AvgIpc) is 1.88. The molecule has 0 saturated heterocycles. The van der Waals surface area contributed by atoms with Gasteiger partial charge in [-0.25, -0.2) is 4.98 Å². The van der Waals surface area contributed by atoms with Crippen molar-refractivity contribution < 1.29 is 4.79 Å². The van der Waals surface area contributed by atoms with Crippen LogP contribution in [0.5, 0.6) is 0 Å². The molecule has 0 bridgehead atoms. The molecule has 10 heavy (non-hydrogen) atoms. The molecule has 0 unspecified atom stereocenters. The second kappa shape index (κ2) is 2.66. The van der Waals surface area contributed by atoms with Crippen LogP contribution in [0.2, 0.25) is 5.15 Å². The summed E-state index contributed by atoms with van der Waals surface area (Å²) in [6, 6.07) is 5.56. The van der Waals surface area contributed by atoms with Gasteiger partial charge in [-0.2, -0.15) is 0 Å². The highest BCUT2D eigenvalue weighted by Gasteiger charge is 2.00. The van der Waals surface area contributed by atoms with E-state index < -0.39 is 5.91 Å². The molecule has 51 valence electrons. The number of rotatable bonds is 1. The molecule has 0 aliphatic rings. The predicted octanol–water partition coefficient (Wildman–Crippen LogP) is 0.634. The largest absolute Gasteiger partial charge is 0.364 e. The number of hydrogen-bond donors (Lipinski definition) is 1. The van der Waals surface area contributed by atoms with E-state index >= 15 is 0 Å². The van der Waals surface area contributed by atoms with Crippen LogP contribution in [-0.4, -0.2) is 10.9 Å². The molecule has 0 saturated carbocycles. The van der Waals surface area contributed by atoms with E-state index in [-0.39, 0.29) is 10.8 Å². The van der Waals surface area contributed by atoms with Gasteiger partial charge in [0.15, 0.2) is 0 Å². The van der Waals surface area contributed by atoms with Crippen LogP contribution in [0.4, 0.5) is 0 Å². The third-order valence-electron chi connectivity index (χ3n) is 0.893. The Bertz CT molecular complexity index is 262. The van der Waals surface area contributed by atoms with Crippen molar-refractivity contribution >= 4 is 17.5 Å². The van der Waals surface area contributed by atoms with Gasteiger partial charge >= 0.3 is 0 Å². The van der Waals surface area contributed by atoms with Crippen molar-refractivity contribution in [2.24, 2.45) is 5.73 Å². The number of halogens is 1. The van der Waals surface area contributed by atoms with Gasteiger partial charge < -0.3 is 5.73 Å². The van der Waals surface area contributed by atoms with Gasteiger partial charge in [-0.3, -0.25) is 4.79 Å². The van der Waals surface area contributed by atoms with Gasteiger partial charge in [0.2, 0.25) is 0 Å². The van der Waals surface area contributed by atoms with Gasteiger partial charge in [0.05, 0.1) is 0 Å². The van der Waals surface area contributed by atoms with Crippen molar-refractivity contribution in [2.45, 2.75) is 0 Å². The van der Waals surface area contributed by atoms with Gasteiger partial charge in [-0.05, 0) is 12.1 Å². The molecule has 2 N–H and O–H groups in total. The summed E-state index contributed by atoms with van der Waals surface area (Å²) in [7, 11) is 0. The number of carbonyl (C=O) groups excluding carboxylic acids is 1. The number of nitrogens with two attached hydrogens (primary N) is 1. The van der Waals surface area contributed by atoms with Crippen LogP contribution in [-0.2, 0) is 0 Å². The topological polar surface area (TPSA) is 56.0 Å². The molecule has 0 atom stereocenters. The fourth-order valence-corrected chi connectivity index (χ4v) is 0.639. The molecule has 3 nitrogen and oxygen atoms in total. The van der Waals surface area contributed by atoms with Crippen molar-refractivity contribution in [1.29, 1.82) is 0 Å². The van der Waals surface area contributed by atoms with Crippen molar-refractivity contribution in [1.82, 2.24) is 4.98 Å². The first kappa shape index (κ1) is 7.02. The van der Waals surface area contributed by atoms with E-state index in [9.17, 15) is 4.79 Å². The third-order valence-corrected chi connectivity index (χ3v) is 1.10. The minimum atomic E-state index is -0.623. The van der Waals surface area contributed by atoms with Crippen LogP contribution in [0.15, 0.2) is 12.1 Å². The Kier molecular flexibility index (Phi) is 1.87. The zero-order valence-electron chi connectivity index (χ0n) is 4.97. The number of nitrogens with zero attached hydrogens (tertiary/aromatic N) is 1. The predicted molar refractivity (Wildman–Crippen MR) is 36.6 cm³/mol. The lowest BCUT2D eigenvalue weighted by atomic mass is 10.3. The van der Waals surface area contributed by atoms with E-state index in [1.807, 2.05) is 0 Å². The molecule has 4 heteroatoms. The fourth-order valence-electron chi connectivity index (χ4n) is 0.492. The maximum atomic E-state index is 10.4. The molecule has 1 rings (SSSR count). The Labute approximate surface area is 62.8 Å². The summed E-state index contributed by atoms with van der Waals surface area (Å²) >= 11 is 5.45. The highest BCUT2D eigenvalue weighted by atomic mass is 35.5. The highest BCUT2D eigenvalue weighted by Crippen LogP contribution is 2.02. The van der Waals surface area contributed by atoms with E-state index in [4.69, 9.17) is 17.3 Å². The average molecular weight is 156 g/mol. The number of hydrogen-bond acceptors (Lipinski definition) is 2. The molecule has 0 aliphatic heterocycles. The summed E-state index contributed by atoms with van der Waals surface area (Å²) in [4.78, 5) is 14.0. The molecule has 1 aromatic heterocycles. The second-order valence-electron chi connectivity index (χ2n) is 1.63. The lowest BCUT2D eigenvalue weighted by Gasteiger charge is -1.91. The Morgan fingerprint density at radius 3 is 2.90 bits per heavy atom. The van der Waals surface area contributed by atoms with Crippen molar-refractivity contribution in [3.63, 3.8) is 0 Å². The Balaban J connectivity index is 3.07. The summed E-state index contributed by atoms with van der Waals surface area (Å²) in [5.41, 5.74) is 4.95. The van der Waals surface area contributed by atoms with Crippen LogP contribution in [0, 0.1) is 6.07 Å². The van der Waals surface area contributed by atoms with Crippen LogP contribution in [0.3, 0.4) is 0 Å². The van der Waals surface area contributed by atoms with Crippen LogP contribution >= 0.6 is 11.6 Å². The minimum Gasteiger partial charge on any atom is -0.364 e. The lowest BCUT2D eigenvalue weighted by molar-refractivity contribution is 0.0995. The SMILES string of the molecule is NC(=O)c1[c]ccc(Cl)n1. The first-order chi connectivity index (χ1) is 4.70. The molecule has 1 aromatic rings. The van der Waals surface area contributed by atoms with E-state index in [1.54, 1.807) is 0 Å². The van der Waals surface area contributed by atoms with Gasteiger partial charge in [0.1, 0.15) is 10.8 Å². The molecular formula is C6H4ClN2O. The van der Waals surface area contributed by atoms with Gasteiger partial charge in [0, 0.05) is 6.07 Å². The number of aromatic nitrogens is 1. The Hall–Kier alpha value is -1.09. The van der Waals surface area contributed by atoms with Gasteiger partial charge in [0.25, 0.3) is 5.91 Å². The minimum absolute atomic E-state index is 0.0625. The summed E-state index contributed by atoms with van der Waals surface area (Å²) in [6.07, 6.45) is 0. The quantitative estimate of drug-likeness (QED) is 0.605. The Morgan fingerprint density at radius 2 is 2.50 bits per heavy atom. The maximum Gasteiger partial charge on any atom is 0.268 e. The second-order valence-corrected chi connectivity index (χ2v) is 2.01. The molecule has 1 radical (unpaired) electrons. The van der Waals surface area contributed by atoms with E-state index in [0.29, 0.717) is 0 Å². The summed E-state index contributed by atoms with van der Waals surface area (Å²) in [5.74, 6) is -0.623. The monoisotopic (exact) mass is 155 g/mol. The van der Waals surface area contributed by atoms with Crippen molar-refractivity contribution in [2.75, 3.05) is 0 Å². The van der Waals surface area contributed by atoms with Gasteiger partial charge in [-0.1, -0.05) is 11.6 Å². The molecule has 0 fully saturated rings. The smallest absolute Gasteiger partial charge is 0.268 e.